The molecule has 0 aromatic carbocycles. The summed E-state index contributed by atoms with van der Waals surface area (Å²) in [4.78, 5) is 8.36. The zero-order chi connectivity index (χ0) is 8.69. The molecular formula is C6H11NO4. The van der Waals surface area contributed by atoms with Crippen LogP contribution < -0.4 is 0 Å². The summed E-state index contributed by atoms with van der Waals surface area (Å²) in [5.74, 6) is 0. The minimum absolute atomic E-state index is 0.145. The van der Waals surface area contributed by atoms with Crippen molar-refractivity contribution in [1.29, 1.82) is 0 Å². The Balaban J connectivity index is 0.000000218. The van der Waals surface area contributed by atoms with Crippen LogP contribution in [-0.4, -0.2) is 21.5 Å². The van der Waals surface area contributed by atoms with Crippen molar-refractivity contribution in [3.05, 3.63) is 22.3 Å². The van der Waals surface area contributed by atoms with Crippen molar-refractivity contribution in [2.24, 2.45) is 0 Å². The van der Waals surface area contributed by atoms with E-state index in [-0.39, 0.29) is 6.10 Å². The SMILES string of the molecule is O=[N+]([O-])O.OC1C=CCCC1. The van der Waals surface area contributed by atoms with Crippen molar-refractivity contribution in [2.45, 2.75) is 25.4 Å². The molecule has 0 saturated carbocycles. The van der Waals surface area contributed by atoms with E-state index < -0.39 is 5.09 Å². The van der Waals surface area contributed by atoms with Crippen LogP contribution in [-0.2, 0) is 0 Å². The van der Waals surface area contributed by atoms with Gasteiger partial charge < -0.3 is 10.3 Å². The number of hydrogen-bond acceptors (Lipinski definition) is 3. The Morgan fingerprint density at radius 3 is 2.36 bits per heavy atom. The molecule has 1 rings (SSSR count). The first kappa shape index (κ1) is 9.90. The molecule has 0 spiro atoms. The van der Waals surface area contributed by atoms with Crippen molar-refractivity contribution >= 4 is 0 Å². The quantitative estimate of drug-likeness (QED) is 0.312. The fraction of sp³-hybridized carbons (Fsp3) is 0.667. The molecule has 64 valence electrons. The third kappa shape index (κ3) is 8.90. The molecule has 5 nitrogen and oxygen atoms in total. The van der Waals surface area contributed by atoms with E-state index in [4.69, 9.17) is 20.4 Å². The normalized spacial score (nSPS) is 21.7. The number of nitrogens with zero attached hydrogens (tertiary/aromatic N) is 1. The van der Waals surface area contributed by atoms with Gasteiger partial charge in [0, 0.05) is 0 Å². The second-order valence-electron chi connectivity index (χ2n) is 2.16. The molecule has 0 amide bonds. The van der Waals surface area contributed by atoms with Crippen LogP contribution >= 0.6 is 0 Å². The van der Waals surface area contributed by atoms with E-state index in [1.165, 1.54) is 0 Å². The van der Waals surface area contributed by atoms with Crippen LogP contribution in [0.2, 0.25) is 0 Å². The molecule has 0 aliphatic heterocycles. The molecule has 0 aromatic rings. The second kappa shape index (κ2) is 5.67. The fourth-order valence-corrected chi connectivity index (χ4v) is 0.794. The van der Waals surface area contributed by atoms with Crippen molar-refractivity contribution in [3.8, 4) is 0 Å². The van der Waals surface area contributed by atoms with E-state index in [1.54, 1.807) is 0 Å². The van der Waals surface area contributed by atoms with Crippen molar-refractivity contribution in [2.75, 3.05) is 0 Å². The monoisotopic (exact) mass is 161 g/mol. The fourth-order valence-electron chi connectivity index (χ4n) is 0.794. The molecular weight excluding hydrogens is 150 g/mol. The predicted molar refractivity (Wildman–Crippen MR) is 37.8 cm³/mol. The van der Waals surface area contributed by atoms with Gasteiger partial charge in [-0.05, 0) is 19.3 Å². The van der Waals surface area contributed by atoms with Gasteiger partial charge in [0.25, 0.3) is 5.09 Å². The molecule has 0 heterocycles. The summed E-state index contributed by atoms with van der Waals surface area (Å²) in [6.07, 6.45) is 7.01. The Morgan fingerprint density at radius 2 is 2.18 bits per heavy atom. The van der Waals surface area contributed by atoms with Gasteiger partial charge in [0.1, 0.15) is 0 Å². The number of hydrogen-bond donors (Lipinski definition) is 2. The van der Waals surface area contributed by atoms with Crippen LogP contribution in [0.5, 0.6) is 0 Å². The Bertz CT molecular complexity index is 142. The van der Waals surface area contributed by atoms with Gasteiger partial charge in [0.15, 0.2) is 0 Å². The number of rotatable bonds is 0. The van der Waals surface area contributed by atoms with Crippen LogP contribution in [0.4, 0.5) is 0 Å². The summed E-state index contributed by atoms with van der Waals surface area (Å²) >= 11 is 0. The highest BCUT2D eigenvalue weighted by molar-refractivity contribution is 4.92. The smallest absolute Gasteiger partial charge is 0.291 e. The highest BCUT2D eigenvalue weighted by Gasteiger charge is 2.00. The number of allylic oxidation sites excluding steroid dienone is 1. The van der Waals surface area contributed by atoms with Crippen LogP contribution in [0.15, 0.2) is 12.2 Å². The summed E-state index contributed by atoms with van der Waals surface area (Å²) in [5, 5.41) is 22.5. The maximum atomic E-state index is 8.82. The van der Waals surface area contributed by atoms with Crippen molar-refractivity contribution in [1.82, 2.24) is 0 Å². The van der Waals surface area contributed by atoms with Gasteiger partial charge in [0.05, 0.1) is 6.10 Å². The first-order valence-electron chi connectivity index (χ1n) is 3.31. The maximum Gasteiger partial charge on any atom is 0.291 e. The van der Waals surface area contributed by atoms with Gasteiger partial charge in [-0.15, -0.1) is 10.1 Å². The van der Waals surface area contributed by atoms with Crippen LogP contribution in [0, 0.1) is 10.1 Å². The molecule has 1 atom stereocenters. The van der Waals surface area contributed by atoms with Gasteiger partial charge in [-0.2, -0.15) is 0 Å². The molecule has 0 aromatic heterocycles. The lowest BCUT2D eigenvalue weighted by atomic mass is 10.1. The summed E-state index contributed by atoms with van der Waals surface area (Å²) in [6, 6.07) is 0. The molecule has 0 radical (unpaired) electrons. The van der Waals surface area contributed by atoms with Crippen molar-refractivity contribution < 1.29 is 15.4 Å². The maximum absolute atomic E-state index is 8.82. The minimum atomic E-state index is -1.50. The largest absolute Gasteiger partial charge is 0.389 e. The number of aliphatic hydroxyl groups excluding tert-OH is 1. The molecule has 2 N–H and O–H groups in total. The molecule has 1 unspecified atom stereocenters. The van der Waals surface area contributed by atoms with Crippen LogP contribution in [0.1, 0.15) is 19.3 Å². The molecule has 0 saturated heterocycles. The lowest BCUT2D eigenvalue weighted by Gasteiger charge is -2.07. The molecule has 11 heavy (non-hydrogen) atoms. The lowest BCUT2D eigenvalue weighted by Crippen LogP contribution is -2.04. The number of aliphatic hydroxyl groups is 1. The summed E-state index contributed by atoms with van der Waals surface area (Å²) < 4.78 is 0. The molecule has 1 aliphatic carbocycles. The van der Waals surface area contributed by atoms with E-state index in [2.05, 4.69) is 0 Å². The Kier molecular flexibility index (Phi) is 5.10. The summed E-state index contributed by atoms with van der Waals surface area (Å²) in [6.45, 7) is 0. The lowest BCUT2D eigenvalue weighted by molar-refractivity contribution is -0.742. The highest BCUT2D eigenvalue weighted by atomic mass is 16.9. The standard InChI is InChI=1S/C6H10O.HNO3/c7-6-4-2-1-3-5-6;2-1(3)4/h2,4,6-7H,1,3,5H2;(H,2,3,4). The average Bonchev–Trinajstić information content (AvgIpc) is 1.87. The average molecular weight is 161 g/mol. The van der Waals surface area contributed by atoms with E-state index in [0.717, 1.165) is 19.3 Å². The molecule has 1 aliphatic rings. The zero-order valence-corrected chi connectivity index (χ0v) is 6.01. The van der Waals surface area contributed by atoms with Gasteiger partial charge in [-0.25, -0.2) is 0 Å². The van der Waals surface area contributed by atoms with Gasteiger partial charge >= 0.3 is 0 Å². The van der Waals surface area contributed by atoms with E-state index in [0.29, 0.717) is 0 Å². The van der Waals surface area contributed by atoms with Gasteiger partial charge in [-0.1, -0.05) is 12.2 Å². The zero-order valence-electron chi connectivity index (χ0n) is 6.01. The van der Waals surface area contributed by atoms with E-state index >= 15 is 0 Å². The van der Waals surface area contributed by atoms with Crippen LogP contribution in [0.3, 0.4) is 0 Å². The Hall–Kier alpha value is -1.10. The topological polar surface area (TPSA) is 83.6 Å². The Labute approximate surface area is 64.1 Å². The third-order valence-electron chi connectivity index (χ3n) is 1.23. The van der Waals surface area contributed by atoms with Crippen molar-refractivity contribution in [3.63, 3.8) is 0 Å². The highest BCUT2D eigenvalue weighted by Crippen LogP contribution is 2.08. The van der Waals surface area contributed by atoms with Gasteiger partial charge in [-0.3, -0.25) is 0 Å². The summed E-state index contributed by atoms with van der Waals surface area (Å²) in [7, 11) is 0. The predicted octanol–water partition coefficient (Wildman–Crippen LogP) is 0.740. The van der Waals surface area contributed by atoms with Crippen LogP contribution in [0.25, 0.3) is 0 Å². The third-order valence-corrected chi connectivity index (χ3v) is 1.23. The van der Waals surface area contributed by atoms with Gasteiger partial charge in [0.2, 0.25) is 0 Å². The molecule has 0 bridgehead atoms. The first-order chi connectivity index (χ1) is 5.13. The van der Waals surface area contributed by atoms with E-state index in [9.17, 15) is 0 Å². The minimum Gasteiger partial charge on any atom is -0.389 e. The molecule has 0 fully saturated rings. The summed E-state index contributed by atoms with van der Waals surface area (Å²) in [5.41, 5.74) is 0. The van der Waals surface area contributed by atoms with E-state index in [1.807, 2.05) is 12.2 Å². The first-order valence-corrected chi connectivity index (χ1v) is 3.31. The Morgan fingerprint density at radius 1 is 1.64 bits per heavy atom. The second-order valence-corrected chi connectivity index (χ2v) is 2.16. The molecule has 5 heteroatoms.